The Morgan fingerprint density at radius 2 is 2.14 bits per heavy atom. The van der Waals surface area contributed by atoms with Gasteiger partial charge in [0.05, 0.1) is 19.9 Å². The van der Waals surface area contributed by atoms with E-state index < -0.39 is 5.91 Å². The van der Waals surface area contributed by atoms with E-state index in [1.807, 2.05) is 23.6 Å². The highest BCUT2D eigenvalue weighted by Gasteiger charge is 2.13. The van der Waals surface area contributed by atoms with Gasteiger partial charge in [-0.2, -0.15) is 5.26 Å². The van der Waals surface area contributed by atoms with Crippen molar-refractivity contribution in [3.05, 3.63) is 46.2 Å². The Balaban J connectivity index is 2.26. The first-order valence-corrected chi connectivity index (χ1v) is 7.24. The molecule has 0 aliphatic carbocycles. The highest BCUT2D eigenvalue weighted by Crippen LogP contribution is 2.29. The van der Waals surface area contributed by atoms with Crippen molar-refractivity contribution in [1.82, 2.24) is 0 Å². The van der Waals surface area contributed by atoms with Crippen LogP contribution < -0.4 is 14.8 Å². The van der Waals surface area contributed by atoms with E-state index in [1.165, 1.54) is 25.6 Å². The summed E-state index contributed by atoms with van der Waals surface area (Å²) in [6.07, 6.45) is 1.55. The maximum atomic E-state index is 12.2. The minimum absolute atomic E-state index is 0.0207. The highest BCUT2D eigenvalue weighted by molar-refractivity contribution is 7.10. The number of amides is 1. The van der Waals surface area contributed by atoms with E-state index >= 15 is 0 Å². The van der Waals surface area contributed by atoms with Gasteiger partial charge in [0, 0.05) is 10.9 Å². The summed E-state index contributed by atoms with van der Waals surface area (Å²) in [4.78, 5) is 13.1. The number of anilines is 1. The molecule has 0 aliphatic heterocycles. The molecule has 1 heterocycles. The molecule has 0 radical (unpaired) electrons. The van der Waals surface area contributed by atoms with Gasteiger partial charge in [-0.1, -0.05) is 6.07 Å². The van der Waals surface area contributed by atoms with Gasteiger partial charge in [0.2, 0.25) is 0 Å². The summed E-state index contributed by atoms with van der Waals surface area (Å²) in [6.45, 7) is 0. The summed E-state index contributed by atoms with van der Waals surface area (Å²) >= 11 is 1.45. The van der Waals surface area contributed by atoms with Crippen LogP contribution in [0.25, 0.3) is 6.08 Å². The molecule has 6 heteroatoms. The zero-order valence-corrected chi connectivity index (χ0v) is 12.9. The smallest absolute Gasteiger partial charge is 0.266 e. The topological polar surface area (TPSA) is 71.3 Å². The number of rotatable bonds is 5. The van der Waals surface area contributed by atoms with Gasteiger partial charge in [-0.3, -0.25) is 4.79 Å². The molecule has 112 valence electrons. The molecule has 0 saturated heterocycles. The lowest BCUT2D eigenvalue weighted by molar-refractivity contribution is -0.112. The van der Waals surface area contributed by atoms with Crippen LogP contribution in [0.5, 0.6) is 11.5 Å². The first-order valence-electron chi connectivity index (χ1n) is 6.36. The van der Waals surface area contributed by atoms with E-state index in [4.69, 9.17) is 9.47 Å². The fourth-order valence-corrected chi connectivity index (χ4v) is 2.42. The van der Waals surface area contributed by atoms with E-state index in [0.717, 1.165) is 4.88 Å². The van der Waals surface area contributed by atoms with E-state index in [-0.39, 0.29) is 5.57 Å². The Morgan fingerprint density at radius 1 is 1.32 bits per heavy atom. The molecule has 0 fully saturated rings. The molecule has 5 nitrogen and oxygen atoms in total. The van der Waals surface area contributed by atoms with Crippen molar-refractivity contribution < 1.29 is 14.3 Å². The van der Waals surface area contributed by atoms with Gasteiger partial charge in [-0.05, 0) is 29.7 Å². The fourth-order valence-electron chi connectivity index (χ4n) is 1.77. The Bertz CT molecular complexity index is 730. The van der Waals surface area contributed by atoms with Crippen molar-refractivity contribution in [2.24, 2.45) is 0 Å². The van der Waals surface area contributed by atoms with Crippen LogP contribution in [0, 0.1) is 11.3 Å². The van der Waals surface area contributed by atoms with Gasteiger partial charge < -0.3 is 14.8 Å². The highest BCUT2D eigenvalue weighted by atomic mass is 32.1. The second kappa shape index (κ2) is 7.29. The molecule has 0 aliphatic rings. The lowest BCUT2D eigenvalue weighted by Crippen LogP contribution is -2.14. The van der Waals surface area contributed by atoms with Gasteiger partial charge in [0.1, 0.15) is 23.1 Å². The van der Waals surface area contributed by atoms with Crippen molar-refractivity contribution in [2.45, 2.75) is 0 Å². The second-order valence-corrected chi connectivity index (χ2v) is 5.18. The van der Waals surface area contributed by atoms with Crippen LogP contribution in [0.2, 0.25) is 0 Å². The van der Waals surface area contributed by atoms with Crippen molar-refractivity contribution in [2.75, 3.05) is 19.5 Å². The number of carbonyl (C=O) groups is 1. The predicted octanol–water partition coefficient (Wildman–Crippen LogP) is 3.31. The Morgan fingerprint density at radius 3 is 2.73 bits per heavy atom. The average molecular weight is 314 g/mol. The van der Waals surface area contributed by atoms with Crippen LogP contribution in [-0.2, 0) is 4.79 Å². The number of methoxy groups -OCH3 is 2. The third-order valence-electron chi connectivity index (χ3n) is 2.85. The SMILES string of the molecule is COc1ccc(OC)c(NC(=O)C(C#N)=Cc2cccs2)c1. The Labute approximate surface area is 132 Å². The third-order valence-corrected chi connectivity index (χ3v) is 3.67. The minimum atomic E-state index is -0.498. The van der Waals surface area contributed by atoms with Crippen LogP contribution in [0.15, 0.2) is 41.3 Å². The zero-order chi connectivity index (χ0) is 15.9. The summed E-state index contributed by atoms with van der Waals surface area (Å²) in [5, 5.41) is 13.7. The summed E-state index contributed by atoms with van der Waals surface area (Å²) in [5.41, 5.74) is 0.464. The Kier molecular flexibility index (Phi) is 5.17. The van der Waals surface area contributed by atoms with Gasteiger partial charge in [0.15, 0.2) is 0 Å². The minimum Gasteiger partial charge on any atom is -0.497 e. The summed E-state index contributed by atoms with van der Waals surface area (Å²) in [5.74, 6) is 0.571. The lowest BCUT2D eigenvalue weighted by Gasteiger charge is -2.11. The molecule has 1 aromatic heterocycles. The van der Waals surface area contributed by atoms with Gasteiger partial charge >= 0.3 is 0 Å². The van der Waals surface area contributed by atoms with Gasteiger partial charge in [-0.25, -0.2) is 0 Å². The number of thiophene rings is 1. The number of nitriles is 1. The van der Waals surface area contributed by atoms with Crippen LogP contribution in [-0.4, -0.2) is 20.1 Å². The van der Waals surface area contributed by atoms with Crippen LogP contribution in [0.3, 0.4) is 0 Å². The van der Waals surface area contributed by atoms with Gasteiger partial charge in [0.25, 0.3) is 5.91 Å². The van der Waals surface area contributed by atoms with Gasteiger partial charge in [-0.15, -0.1) is 11.3 Å². The lowest BCUT2D eigenvalue weighted by atomic mass is 10.2. The number of nitrogens with zero attached hydrogens (tertiary/aromatic N) is 1. The van der Waals surface area contributed by atoms with Crippen molar-refractivity contribution in [1.29, 1.82) is 5.26 Å². The van der Waals surface area contributed by atoms with Crippen molar-refractivity contribution in [3.63, 3.8) is 0 Å². The standard InChI is InChI=1S/C16H14N2O3S/c1-20-12-5-6-15(21-2)14(9-12)18-16(19)11(10-17)8-13-4-3-7-22-13/h3-9H,1-2H3,(H,18,19). The first kappa shape index (κ1) is 15.6. The summed E-state index contributed by atoms with van der Waals surface area (Å²) in [7, 11) is 3.04. The van der Waals surface area contributed by atoms with Crippen molar-refractivity contribution in [3.8, 4) is 17.6 Å². The molecule has 0 bridgehead atoms. The molecule has 2 aromatic rings. The van der Waals surface area contributed by atoms with Crippen molar-refractivity contribution >= 4 is 29.0 Å². The number of nitrogens with one attached hydrogen (secondary N) is 1. The molecule has 0 spiro atoms. The maximum absolute atomic E-state index is 12.2. The number of carbonyl (C=O) groups excluding carboxylic acids is 1. The molecule has 2 rings (SSSR count). The molecule has 1 aromatic carbocycles. The van der Waals surface area contributed by atoms with Crippen LogP contribution in [0.1, 0.15) is 4.88 Å². The second-order valence-electron chi connectivity index (χ2n) is 4.21. The predicted molar refractivity (Wildman–Crippen MR) is 86.1 cm³/mol. The van der Waals surface area contributed by atoms with E-state index in [9.17, 15) is 10.1 Å². The number of hydrogen-bond acceptors (Lipinski definition) is 5. The summed E-state index contributed by atoms with van der Waals surface area (Å²) in [6, 6.07) is 10.6. The molecule has 1 N–H and O–H groups in total. The van der Waals surface area contributed by atoms with Crippen LogP contribution >= 0.6 is 11.3 Å². The molecule has 0 unspecified atom stereocenters. The van der Waals surface area contributed by atoms with E-state index in [1.54, 1.807) is 24.3 Å². The maximum Gasteiger partial charge on any atom is 0.266 e. The number of ether oxygens (including phenoxy) is 2. The molecule has 1 amide bonds. The number of benzene rings is 1. The van der Waals surface area contributed by atoms with E-state index in [2.05, 4.69) is 5.32 Å². The Hall–Kier alpha value is -2.78. The fraction of sp³-hybridized carbons (Fsp3) is 0.125. The third kappa shape index (κ3) is 3.65. The summed E-state index contributed by atoms with van der Waals surface area (Å²) < 4.78 is 10.3. The monoisotopic (exact) mass is 314 g/mol. The molecular formula is C16H14N2O3S. The quantitative estimate of drug-likeness (QED) is 0.679. The normalized spacial score (nSPS) is 10.7. The molecule has 0 atom stereocenters. The average Bonchev–Trinajstić information content (AvgIpc) is 3.05. The largest absolute Gasteiger partial charge is 0.497 e. The van der Waals surface area contributed by atoms with Crippen LogP contribution in [0.4, 0.5) is 5.69 Å². The first-order chi connectivity index (χ1) is 10.7. The molecule has 22 heavy (non-hydrogen) atoms. The number of hydrogen-bond donors (Lipinski definition) is 1. The molecule has 0 saturated carbocycles. The van der Waals surface area contributed by atoms with E-state index in [0.29, 0.717) is 17.2 Å². The zero-order valence-electron chi connectivity index (χ0n) is 12.1. The molecular weight excluding hydrogens is 300 g/mol.